The van der Waals surface area contributed by atoms with E-state index >= 15 is 0 Å². The summed E-state index contributed by atoms with van der Waals surface area (Å²) in [5.41, 5.74) is 1.71. The van der Waals surface area contributed by atoms with Gasteiger partial charge in [0.1, 0.15) is 0 Å². The summed E-state index contributed by atoms with van der Waals surface area (Å²) in [6.07, 6.45) is 6.23. The van der Waals surface area contributed by atoms with Crippen LogP contribution in [0.25, 0.3) is 0 Å². The van der Waals surface area contributed by atoms with Crippen molar-refractivity contribution in [3.8, 4) is 0 Å². The van der Waals surface area contributed by atoms with Crippen molar-refractivity contribution >= 4 is 6.21 Å². The van der Waals surface area contributed by atoms with E-state index in [9.17, 15) is 0 Å². The van der Waals surface area contributed by atoms with E-state index in [0.29, 0.717) is 0 Å². The third-order valence-electron chi connectivity index (χ3n) is 1.09. The lowest BCUT2D eigenvalue weighted by atomic mass is 10.2. The molecule has 0 heterocycles. The van der Waals surface area contributed by atoms with Gasteiger partial charge in [0.2, 0.25) is 0 Å². The Morgan fingerprint density at radius 1 is 1.56 bits per heavy atom. The first-order valence-corrected chi connectivity index (χ1v) is 3.32. The maximum atomic E-state index is 7.97. The van der Waals surface area contributed by atoms with Gasteiger partial charge in [-0.25, -0.2) is 0 Å². The van der Waals surface area contributed by atoms with Gasteiger partial charge in [-0.2, -0.15) is 10.7 Å². The second-order valence-corrected chi connectivity index (χ2v) is 1.91. The van der Waals surface area contributed by atoms with E-state index in [-0.39, 0.29) is 0 Å². The second-order valence-electron chi connectivity index (χ2n) is 1.91. The molecule has 2 N–H and O–H groups in total. The first kappa shape index (κ1) is 8.43. The SMILES string of the molecule is CCCCC/C=N/NO. The summed E-state index contributed by atoms with van der Waals surface area (Å²) in [6.45, 7) is 2.15. The predicted octanol–water partition coefficient (Wildman–Crippen LogP) is 1.53. The first-order chi connectivity index (χ1) is 4.41. The zero-order valence-electron chi connectivity index (χ0n) is 5.80. The standard InChI is InChI=1S/C6H14N2O/c1-2-3-4-5-6-7-8-9/h6,8-9H,2-5H2,1H3/b7-6+. The fourth-order valence-electron chi connectivity index (χ4n) is 0.591. The van der Waals surface area contributed by atoms with Crippen molar-refractivity contribution in [3.63, 3.8) is 0 Å². The Morgan fingerprint density at radius 2 is 2.33 bits per heavy atom. The largest absolute Gasteiger partial charge is 0.274 e. The van der Waals surface area contributed by atoms with Crippen LogP contribution in [0.4, 0.5) is 0 Å². The average molecular weight is 130 g/mol. The molecule has 0 aromatic heterocycles. The third kappa shape index (κ3) is 7.43. The van der Waals surface area contributed by atoms with Crippen molar-refractivity contribution in [2.75, 3.05) is 0 Å². The van der Waals surface area contributed by atoms with Crippen molar-refractivity contribution in [2.24, 2.45) is 5.10 Å². The Bertz CT molecular complexity index is 73.5. The molecule has 0 fully saturated rings. The van der Waals surface area contributed by atoms with Gasteiger partial charge in [0.25, 0.3) is 0 Å². The Labute approximate surface area is 55.7 Å². The van der Waals surface area contributed by atoms with E-state index in [1.807, 2.05) is 0 Å². The highest BCUT2D eigenvalue weighted by molar-refractivity contribution is 5.56. The number of nitrogens with one attached hydrogen (secondary N) is 1. The van der Waals surface area contributed by atoms with Gasteiger partial charge in [0.05, 0.1) is 0 Å². The molecule has 0 saturated heterocycles. The summed E-state index contributed by atoms with van der Waals surface area (Å²) in [6, 6.07) is 0. The van der Waals surface area contributed by atoms with Crippen LogP contribution in [0.3, 0.4) is 0 Å². The molecule has 0 bridgehead atoms. The molecule has 0 atom stereocenters. The maximum absolute atomic E-state index is 7.97. The van der Waals surface area contributed by atoms with Gasteiger partial charge < -0.3 is 0 Å². The van der Waals surface area contributed by atoms with Gasteiger partial charge in [-0.3, -0.25) is 5.21 Å². The van der Waals surface area contributed by atoms with Gasteiger partial charge in [-0.15, -0.1) is 0 Å². The van der Waals surface area contributed by atoms with Crippen LogP contribution in [-0.4, -0.2) is 11.4 Å². The van der Waals surface area contributed by atoms with Crippen molar-refractivity contribution in [2.45, 2.75) is 32.6 Å². The molecule has 9 heavy (non-hydrogen) atoms. The molecule has 0 aliphatic carbocycles. The lowest BCUT2D eigenvalue weighted by Crippen LogP contribution is -1.94. The van der Waals surface area contributed by atoms with Gasteiger partial charge in [-0.1, -0.05) is 19.8 Å². The van der Waals surface area contributed by atoms with E-state index in [1.165, 1.54) is 12.8 Å². The van der Waals surface area contributed by atoms with E-state index < -0.39 is 0 Å². The van der Waals surface area contributed by atoms with E-state index in [2.05, 4.69) is 12.0 Å². The van der Waals surface area contributed by atoms with Crippen LogP contribution in [0.15, 0.2) is 5.10 Å². The van der Waals surface area contributed by atoms with Gasteiger partial charge in [0.15, 0.2) is 0 Å². The number of hydrogen-bond acceptors (Lipinski definition) is 3. The normalized spacial score (nSPS) is 10.4. The Kier molecular flexibility index (Phi) is 6.96. The van der Waals surface area contributed by atoms with Crippen LogP contribution in [-0.2, 0) is 0 Å². The van der Waals surface area contributed by atoms with Crippen LogP contribution in [0.2, 0.25) is 0 Å². The van der Waals surface area contributed by atoms with Gasteiger partial charge >= 0.3 is 0 Å². The molecule has 3 heteroatoms. The smallest absolute Gasteiger partial charge is 0.0267 e. The van der Waals surface area contributed by atoms with E-state index in [0.717, 1.165) is 12.8 Å². The Morgan fingerprint density at radius 3 is 2.89 bits per heavy atom. The molecule has 54 valence electrons. The Balaban J connectivity index is 2.82. The van der Waals surface area contributed by atoms with Crippen LogP contribution < -0.4 is 5.59 Å². The zero-order chi connectivity index (χ0) is 6.95. The molecular formula is C6H14N2O. The minimum Gasteiger partial charge on any atom is -0.274 e. The van der Waals surface area contributed by atoms with Gasteiger partial charge in [-0.05, 0) is 12.8 Å². The molecule has 0 aromatic carbocycles. The molecule has 0 spiro atoms. The highest BCUT2D eigenvalue weighted by Gasteiger charge is 1.80. The lowest BCUT2D eigenvalue weighted by molar-refractivity contribution is 0.172. The van der Waals surface area contributed by atoms with Crippen molar-refractivity contribution in [1.82, 2.24) is 5.59 Å². The molecule has 0 radical (unpaired) electrons. The zero-order valence-corrected chi connectivity index (χ0v) is 5.80. The number of rotatable bonds is 5. The second kappa shape index (κ2) is 7.43. The fraction of sp³-hybridized carbons (Fsp3) is 0.833. The fourth-order valence-corrected chi connectivity index (χ4v) is 0.591. The van der Waals surface area contributed by atoms with Crippen LogP contribution in [0.5, 0.6) is 0 Å². The minimum absolute atomic E-state index is 0.946. The summed E-state index contributed by atoms with van der Waals surface area (Å²) >= 11 is 0. The molecule has 3 nitrogen and oxygen atoms in total. The van der Waals surface area contributed by atoms with Gasteiger partial charge in [0, 0.05) is 6.21 Å². The molecule has 0 rings (SSSR count). The van der Waals surface area contributed by atoms with E-state index in [1.54, 1.807) is 11.8 Å². The highest BCUT2D eigenvalue weighted by Crippen LogP contribution is 1.95. The highest BCUT2D eigenvalue weighted by atomic mass is 16.5. The summed E-state index contributed by atoms with van der Waals surface area (Å²) in [5, 5.41) is 11.4. The lowest BCUT2D eigenvalue weighted by Gasteiger charge is -1.89. The van der Waals surface area contributed by atoms with Crippen LogP contribution >= 0.6 is 0 Å². The first-order valence-electron chi connectivity index (χ1n) is 3.32. The molecule has 0 aliphatic rings. The molecule has 0 amide bonds. The summed E-state index contributed by atoms with van der Waals surface area (Å²) < 4.78 is 0. The van der Waals surface area contributed by atoms with Crippen LogP contribution in [0.1, 0.15) is 32.6 Å². The molecule has 0 aliphatic heterocycles. The summed E-state index contributed by atoms with van der Waals surface area (Å²) in [5.74, 6) is 0. The summed E-state index contributed by atoms with van der Waals surface area (Å²) in [4.78, 5) is 0. The third-order valence-corrected chi connectivity index (χ3v) is 1.09. The minimum atomic E-state index is 0.946. The van der Waals surface area contributed by atoms with Crippen molar-refractivity contribution in [1.29, 1.82) is 0 Å². The molecule has 0 saturated carbocycles. The average Bonchev–Trinajstić information content (AvgIpc) is 1.89. The number of hydrazone groups is 1. The van der Waals surface area contributed by atoms with E-state index in [4.69, 9.17) is 5.21 Å². The molecule has 0 unspecified atom stereocenters. The monoisotopic (exact) mass is 130 g/mol. The topological polar surface area (TPSA) is 44.6 Å². The number of hydrogen-bond donors (Lipinski definition) is 2. The number of unbranched alkanes of at least 4 members (excludes halogenated alkanes) is 3. The summed E-state index contributed by atoms with van der Waals surface area (Å²) in [7, 11) is 0. The molecular weight excluding hydrogens is 116 g/mol. The quantitative estimate of drug-likeness (QED) is 0.337. The van der Waals surface area contributed by atoms with Crippen LogP contribution in [0, 0.1) is 0 Å². The van der Waals surface area contributed by atoms with Crippen molar-refractivity contribution in [3.05, 3.63) is 0 Å². The predicted molar refractivity (Wildman–Crippen MR) is 37.6 cm³/mol. The number of nitrogens with zero attached hydrogens (tertiary/aromatic N) is 1. The van der Waals surface area contributed by atoms with Crippen molar-refractivity contribution < 1.29 is 5.21 Å². The maximum Gasteiger partial charge on any atom is 0.0267 e. The Hall–Kier alpha value is -0.570. The molecule has 0 aromatic rings.